The quantitative estimate of drug-likeness (QED) is 0.518. The lowest BCUT2D eigenvalue weighted by Crippen LogP contribution is -2.10. The Labute approximate surface area is 56.7 Å². The third-order valence-corrected chi connectivity index (χ3v) is 0.865. The van der Waals surface area contributed by atoms with Gasteiger partial charge in [0.1, 0.15) is 0 Å². The molecule has 0 saturated carbocycles. The van der Waals surface area contributed by atoms with Crippen LogP contribution in [0.3, 0.4) is 0 Å². The number of halogens is 1. The molecular formula is C7H16FN. The van der Waals surface area contributed by atoms with E-state index in [0.29, 0.717) is 0 Å². The first-order valence-corrected chi connectivity index (χ1v) is 2.91. The first-order valence-electron chi connectivity index (χ1n) is 2.91. The van der Waals surface area contributed by atoms with Crippen molar-refractivity contribution in [3.63, 3.8) is 0 Å². The van der Waals surface area contributed by atoms with Crippen LogP contribution in [-0.4, -0.2) is 25.5 Å². The smallest absolute Gasteiger partial charge is 0.0159 e. The lowest BCUT2D eigenvalue weighted by Gasteiger charge is -2.03. The third-order valence-electron chi connectivity index (χ3n) is 0.865. The molecule has 0 aliphatic carbocycles. The van der Waals surface area contributed by atoms with Crippen molar-refractivity contribution >= 4 is 0 Å². The summed E-state index contributed by atoms with van der Waals surface area (Å²) in [4.78, 5) is 2.15. The van der Waals surface area contributed by atoms with Crippen LogP contribution in [0.1, 0.15) is 13.8 Å². The van der Waals surface area contributed by atoms with E-state index in [0.717, 1.165) is 6.54 Å². The molecule has 0 aromatic rings. The van der Waals surface area contributed by atoms with Gasteiger partial charge in [-0.2, -0.15) is 0 Å². The van der Waals surface area contributed by atoms with Gasteiger partial charge in [0.05, 0.1) is 0 Å². The molecule has 0 aromatic carbocycles. The van der Waals surface area contributed by atoms with E-state index in [2.05, 4.69) is 38.9 Å². The summed E-state index contributed by atoms with van der Waals surface area (Å²) in [5.74, 6) is 0. The standard InChI is InChI=1S/C7H15N.FH/c1-7(2)5-6-8(3)4;/h5H,6H2,1-4H3;1H. The van der Waals surface area contributed by atoms with Gasteiger partial charge >= 0.3 is 0 Å². The fourth-order valence-electron chi connectivity index (χ4n) is 0.365. The SMILES string of the molecule is CC(C)=CCN(C)C.F. The Hall–Kier alpha value is -0.370. The molecule has 0 aromatic heterocycles. The molecule has 0 aliphatic heterocycles. The zero-order chi connectivity index (χ0) is 6.57. The highest BCUT2D eigenvalue weighted by Gasteiger charge is 1.81. The molecule has 0 radical (unpaired) electrons. The molecule has 0 heterocycles. The van der Waals surface area contributed by atoms with E-state index >= 15 is 0 Å². The molecule has 56 valence electrons. The second-order valence-corrected chi connectivity index (χ2v) is 2.54. The van der Waals surface area contributed by atoms with Crippen molar-refractivity contribution in [1.29, 1.82) is 0 Å². The van der Waals surface area contributed by atoms with Crippen LogP contribution < -0.4 is 0 Å². The van der Waals surface area contributed by atoms with Crippen LogP contribution in [0.2, 0.25) is 0 Å². The molecule has 0 atom stereocenters. The van der Waals surface area contributed by atoms with E-state index in [1.807, 2.05) is 0 Å². The number of hydrogen-bond donors (Lipinski definition) is 0. The van der Waals surface area contributed by atoms with Crippen molar-refractivity contribution in [3.8, 4) is 0 Å². The van der Waals surface area contributed by atoms with Gasteiger partial charge in [-0.3, -0.25) is 4.70 Å². The summed E-state index contributed by atoms with van der Waals surface area (Å²) in [7, 11) is 4.14. The predicted octanol–water partition coefficient (Wildman–Crippen LogP) is 1.67. The summed E-state index contributed by atoms with van der Waals surface area (Å²) < 4.78 is 0. The van der Waals surface area contributed by atoms with Crippen molar-refractivity contribution in [1.82, 2.24) is 4.90 Å². The van der Waals surface area contributed by atoms with Gasteiger partial charge < -0.3 is 4.90 Å². The van der Waals surface area contributed by atoms with E-state index in [1.165, 1.54) is 5.57 Å². The molecule has 0 aliphatic rings. The highest BCUT2D eigenvalue weighted by Crippen LogP contribution is 1.87. The van der Waals surface area contributed by atoms with Crippen LogP contribution in [0.4, 0.5) is 4.70 Å². The highest BCUT2D eigenvalue weighted by atomic mass is 19.0. The molecule has 0 bridgehead atoms. The number of rotatable bonds is 2. The van der Waals surface area contributed by atoms with Crippen LogP contribution >= 0.6 is 0 Å². The molecule has 0 rings (SSSR count). The van der Waals surface area contributed by atoms with Crippen molar-refractivity contribution in [2.45, 2.75) is 13.8 Å². The van der Waals surface area contributed by atoms with Crippen molar-refractivity contribution < 1.29 is 4.70 Å². The molecule has 0 fully saturated rings. The van der Waals surface area contributed by atoms with Gasteiger partial charge in [0.15, 0.2) is 0 Å². The van der Waals surface area contributed by atoms with Crippen LogP contribution in [-0.2, 0) is 0 Å². The molecule has 0 saturated heterocycles. The summed E-state index contributed by atoms with van der Waals surface area (Å²) in [5, 5.41) is 0. The van der Waals surface area contributed by atoms with E-state index in [9.17, 15) is 0 Å². The normalized spacial score (nSPS) is 8.56. The first kappa shape index (κ1) is 11.4. The fraction of sp³-hybridized carbons (Fsp3) is 0.714. The monoisotopic (exact) mass is 133 g/mol. The van der Waals surface area contributed by atoms with Crippen LogP contribution in [0, 0.1) is 0 Å². The van der Waals surface area contributed by atoms with Gasteiger partial charge in [0.25, 0.3) is 0 Å². The molecule has 0 amide bonds. The average molecular weight is 133 g/mol. The minimum absolute atomic E-state index is 0. The molecule has 1 nitrogen and oxygen atoms in total. The van der Waals surface area contributed by atoms with Gasteiger partial charge in [0, 0.05) is 6.54 Å². The Morgan fingerprint density at radius 1 is 1.33 bits per heavy atom. The largest absolute Gasteiger partial charge is 0.306 e. The summed E-state index contributed by atoms with van der Waals surface area (Å²) in [5.41, 5.74) is 1.39. The molecule has 0 spiro atoms. The van der Waals surface area contributed by atoms with E-state index in [-0.39, 0.29) is 4.70 Å². The Bertz CT molecular complexity index is 82.9. The van der Waals surface area contributed by atoms with E-state index in [4.69, 9.17) is 0 Å². The zero-order valence-corrected chi connectivity index (χ0v) is 6.64. The Morgan fingerprint density at radius 2 is 1.78 bits per heavy atom. The molecule has 0 unspecified atom stereocenters. The van der Waals surface area contributed by atoms with Crippen LogP contribution in [0.15, 0.2) is 11.6 Å². The third kappa shape index (κ3) is 11.3. The summed E-state index contributed by atoms with van der Waals surface area (Å²) in [6, 6.07) is 0. The second kappa shape index (κ2) is 5.76. The Balaban J connectivity index is 0. The maximum atomic E-state index is 2.21. The lowest BCUT2D eigenvalue weighted by atomic mass is 10.3. The highest BCUT2D eigenvalue weighted by molar-refractivity contribution is 4.94. The number of nitrogens with zero attached hydrogens (tertiary/aromatic N) is 1. The summed E-state index contributed by atoms with van der Waals surface area (Å²) >= 11 is 0. The van der Waals surface area contributed by atoms with E-state index < -0.39 is 0 Å². The average Bonchev–Trinajstić information content (AvgIpc) is 1.61. The van der Waals surface area contributed by atoms with Crippen molar-refractivity contribution in [2.75, 3.05) is 20.6 Å². The molecule has 9 heavy (non-hydrogen) atoms. The van der Waals surface area contributed by atoms with Crippen LogP contribution in [0.5, 0.6) is 0 Å². The zero-order valence-electron chi connectivity index (χ0n) is 6.64. The Morgan fingerprint density at radius 3 is 1.89 bits per heavy atom. The second-order valence-electron chi connectivity index (χ2n) is 2.54. The number of allylic oxidation sites excluding steroid dienone is 1. The minimum atomic E-state index is 0. The minimum Gasteiger partial charge on any atom is -0.306 e. The van der Waals surface area contributed by atoms with Crippen molar-refractivity contribution in [3.05, 3.63) is 11.6 Å². The van der Waals surface area contributed by atoms with Gasteiger partial charge in [-0.25, -0.2) is 0 Å². The first-order chi connectivity index (χ1) is 3.63. The molecule has 0 N–H and O–H groups in total. The molecular weight excluding hydrogens is 117 g/mol. The molecule has 2 heteroatoms. The number of likely N-dealkylation sites (N-methyl/N-ethyl adjacent to an activating group) is 1. The summed E-state index contributed by atoms with van der Waals surface area (Å²) in [6.45, 7) is 5.29. The van der Waals surface area contributed by atoms with Crippen molar-refractivity contribution in [2.24, 2.45) is 0 Å². The van der Waals surface area contributed by atoms with E-state index in [1.54, 1.807) is 0 Å². The van der Waals surface area contributed by atoms with Gasteiger partial charge in [-0.05, 0) is 27.9 Å². The lowest BCUT2D eigenvalue weighted by molar-refractivity contribution is 0.455. The van der Waals surface area contributed by atoms with Crippen LogP contribution in [0.25, 0.3) is 0 Å². The van der Waals surface area contributed by atoms with Gasteiger partial charge in [-0.15, -0.1) is 0 Å². The predicted molar refractivity (Wildman–Crippen MR) is 40.5 cm³/mol. The fourth-order valence-corrected chi connectivity index (χ4v) is 0.365. The maximum absolute atomic E-state index is 2.21. The maximum Gasteiger partial charge on any atom is 0.0159 e. The van der Waals surface area contributed by atoms with Gasteiger partial charge in [-0.1, -0.05) is 11.6 Å². The summed E-state index contributed by atoms with van der Waals surface area (Å²) in [6.07, 6.45) is 2.21. The Kier molecular flexibility index (Phi) is 7.32. The number of hydrogen-bond acceptors (Lipinski definition) is 1. The van der Waals surface area contributed by atoms with Gasteiger partial charge in [0.2, 0.25) is 0 Å². The topological polar surface area (TPSA) is 3.24 Å².